The van der Waals surface area contributed by atoms with Crippen LogP contribution in [0.25, 0.3) is 0 Å². The second-order valence-electron chi connectivity index (χ2n) is 4.86. The van der Waals surface area contributed by atoms with E-state index in [1.807, 2.05) is 6.20 Å². The highest BCUT2D eigenvalue weighted by molar-refractivity contribution is 7.11. The van der Waals surface area contributed by atoms with Gasteiger partial charge < -0.3 is 10.2 Å². The van der Waals surface area contributed by atoms with Crippen molar-refractivity contribution in [1.29, 1.82) is 0 Å². The molecule has 4 heteroatoms. The van der Waals surface area contributed by atoms with Crippen molar-refractivity contribution in [2.24, 2.45) is 5.92 Å². The van der Waals surface area contributed by atoms with Crippen LogP contribution in [0.15, 0.2) is 6.20 Å². The van der Waals surface area contributed by atoms with Gasteiger partial charge in [-0.2, -0.15) is 0 Å². The van der Waals surface area contributed by atoms with Crippen LogP contribution < -0.4 is 5.32 Å². The van der Waals surface area contributed by atoms with Crippen molar-refractivity contribution in [3.8, 4) is 0 Å². The third-order valence-corrected chi connectivity index (χ3v) is 4.23. The molecule has 0 aromatic carbocycles. The van der Waals surface area contributed by atoms with Gasteiger partial charge in [0.1, 0.15) is 0 Å². The minimum Gasteiger partial charge on any atom is -0.309 e. The molecule has 1 aromatic heterocycles. The van der Waals surface area contributed by atoms with Crippen LogP contribution >= 0.6 is 11.3 Å². The first kappa shape index (κ1) is 12.0. The van der Waals surface area contributed by atoms with Crippen molar-refractivity contribution in [3.63, 3.8) is 0 Å². The third-order valence-electron chi connectivity index (χ3n) is 3.32. The minimum atomic E-state index is 0.665. The van der Waals surface area contributed by atoms with Gasteiger partial charge >= 0.3 is 0 Å². The van der Waals surface area contributed by atoms with Crippen LogP contribution in [0, 0.1) is 12.8 Å². The number of aromatic nitrogens is 1. The molecule has 3 nitrogen and oxygen atoms in total. The summed E-state index contributed by atoms with van der Waals surface area (Å²) in [4.78, 5) is 8.05. The van der Waals surface area contributed by atoms with Crippen LogP contribution in [0.5, 0.6) is 0 Å². The van der Waals surface area contributed by atoms with Gasteiger partial charge in [0.05, 0.1) is 5.01 Å². The first-order valence-corrected chi connectivity index (χ1v) is 6.80. The Bertz CT molecular complexity index is 337. The van der Waals surface area contributed by atoms with Crippen molar-refractivity contribution < 1.29 is 0 Å². The normalized spacial score (nSPS) is 27.2. The Morgan fingerprint density at radius 2 is 2.44 bits per heavy atom. The fourth-order valence-electron chi connectivity index (χ4n) is 2.38. The van der Waals surface area contributed by atoms with Crippen molar-refractivity contribution >= 4 is 11.3 Å². The van der Waals surface area contributed by atoms with Gasteiger partial charge in [0.25, 0.3) is 0 Å². The van der Waals surface area contributed by atoms with E-state index in [-0.39, 0.29) is 0 Å². The van der Waals surface area contributed by atoms with Crippen LogP contribution in [0.4, 0.5) is 0 Å². The lowest BCUT2D eigenvalue weighted by Gasteiger charge is -2.35. The SMILES string of the molecule is Cc1ncc(CNC2CCN(C)CC2C)s1. The van der Waals surface area contributed by atoms with Gasteiger partial charge in [-0.15, -0.1) is 11.3 Å². The standard InChI is InChI=1S/C12H21N3S/c1-9-8-15(3)5-4-12(9)14-7-11-6-13-10(2)16-11/h6,9,12,14H,4-5,7-8H2,1-3H3. The zero-order chi connectivity index (χ0) is 11.5. The van der Waals surface area contributed by atoms with Gasteiger partial charge in [-0.05, 0) is 32.9 Å². The number of piperidine rings is 1. The number of thiazole rings is 1. The molecule has 1 aliphatic rings. The van der Waals surface area contributed by atoms with Gasteiger partial charge in [0.2, 0.25) is 0 Å². The summed E-state index contributed by atoms with van der Waals surface area (Å²) in [5, 5.41) is 4.83. The van der Waals surface area contributed by atoms with E-state index < -0.39 is 0 Å². The molecule has 0 saturated carbocycles. The highest BCUT2D eigenvalue weighted by Gasteiger charge is 2.23. The van der Waals surface area contributed by atoms with Gasteiger partial charge in [0, 0.05) is 30.2 Å². The van der Waals surface area contributed by atoms with Crippen LogP contribution in [0.3, 0.4) is 0 Å². The highest BCUT2D eigenvalue weighted by Crippen LogP contribution is 2.17. The molecule has 90 valence electrons. The average Bonchev–Trinajstić information content (AvgIpc) is 2.63. The second kappa shape index (κ2) is 5.25. The quantitative estimate of drug-likeness (QED) is 0.873. The lowest BCUT2D eigenvalue weighted by molar-refractivity contribution is 0.174. The molecule has 0 aliphatic carbocycles. The summed E-state index contributed by atoms with van der Waals surface area (Å²) in [6, 6.07) is 0.665. The fourth-order valence-corrected chi connectivity index (χ4v) is 3.12. The number of rotatable bonds is 3. The largest absolute Gasteiger partial charge is 0.309 e. The predicted molar refractivity (Wildman–Crippen MR) is 68.8 cm³/mol. The van der Waals surface area contributed by atoms with E-state index in [4.69, 9.17) is 0 Å². The molecule has 1 saturated heterocycles. The van der Waals surface area contributed by atoms with E-state index in [0.29, 0.717) is 6.04 Å². The molecular formula is C12H21N3S. The molecule has 2 atom stereocenters. The molecule has 2 rings (SSSR count). The van der Waals surface area contributed by atoms with E-state index >= 15 is 0 Å². The van der Waals surface area contributed by atoms with Crippen LogP contribution in [0.2, 0.25) is 0 Å². The van der Waals surface area contributed by atoms with Crippen molar-refractivity contribution in [1.82, 2.24) is 15.2 Å². The zero-order valence-corrected chi connectivity index (χ0v) is 11.2. The number of hydrogen-bond acceptors (Lipinski definition) is 4. The molecule has 0 amide bonds. The summed E-state index contributed by atoms with van der Waals surface area (Å²) in [5.74, 6) is 0.743. The van der Waals surface area contributed by atoms with Gasteiger partial charge in [0.15, 0.2) is 0 Å². The molecule has 1 N–H and O–H groups in total. The lowest BCUT2D eigenvalue weighted by Crippen LogP contribution is -2.46. The van der Waals surface area contributed by atoms with E-state index in [1.165, 1.54) is 24.4 Å². The van der Waals surface area contributed by atoms with E-state index in [0.717, 1.165) is 17.5 Å². The monoisotopic (exact) mass is 239 g/mol. The molecule has 2 heterocycles. The Hall–Kier alpha value is -0.450. The van der Waals surface area contributed by atoms with E-state index in [9.17, 15) is 0 Å². The first-order chi connectivity index (χ1) is 7.65. The summed E-state index contributed by atoms with van der Waals surface area (Å²) in [5.41, 5.74) is 0. The van der Waals surface area contributed by atoms with Crippen LogP contribution in [-0.2, 0) is 6.54 Å². The maximum atomic E-state index is 4.28. The maximum absolute atomic E-state index is 4.28. The Morgan fingerprint density at radius 1 is 1.62 bits per heavy atom. The molecule has 1 aliphatic heterocycles. The zero-order valence-electron chi connectivity index (χ0n) is 10.4. The van der Waals surface area contributed by atoms with Crippen LogP contribution in [-0.4, -0.2) is 36.1 Å². The van der Waals surface area contributed by atoms with Crippen molar-refractivity contribution in [2.75, 3.05) is 20.1 Å². The molecule has 2 unspecified atom stereocenters. The second-order valence-corrected chi connectivity index (χ2v) is 6.18. The van der Waals surface area contributed by atoms with Crippen molar-refractivity contribution in [3.05, 3.63) is 16.1 Å². The minimum absolute atomic E-state index is 0.665. The summed E-state index contributed by atoms with van der Waals surface area (Å²) < 4.78 is 0. The highest BCUT2D eigenvalue weighted by atomic mass is 32.1. The Kier molecular flexibility index (Phi) is 3.95. The number of hydrogen-bond donors (Lipinski definition) is 1. The van der Waals surface area contributed by atoms with Crippen molar-refractivity contribution in [2.45, 2.75) is 32.9 Å². The number of likely N-dealkylation sites (tertiary alicyclic amines) is 1. The van der Waals surface area contributed by atoms with Gasteiger partial charge in [-0.1, -0.05) is 6.92 Å². The van der Waals surface area contributed by atoms with E-state index in [2.05, 4.69) is 36.1 Å². The summed E-state index contributed by atoms with van der Waals surface area (Å²) in [7, 11) is 2.21. The number of nitrogens with zero attached hydrogens (tertiary/aromatic N) is 2. The summed E-state index contributed by atoms with van der Waals surface area (Å²) in [6.07, 6.45) is 3.25. The summed E-state index contributed by atoms with van der Waals surface area (Å²) in [6.45, 7) is 7.80. The van der Waals surface area contributed by atoms with Gasteiger partial charge in [-0.3, -0.25) is 0 Å². The topological polar surface area (TPSA) is 28.2 Å². The Morgan fingerprint density at radius 3 is 3.06 bits per heavy atom. The lowest BCUT2D eigenvalue weighted by atomic mass is 9.94. The molecule has 16 heavy (non-hydrogen) atoms. The smallest absolute Gasteiger partial charge is 0.0897 e. The first-order valence-electron chi connectivity index (χ1n) is 5.98. The average molecular weight is 239 g/mol. The Balaban J connectivity index is 1.81. The fraction of sp³-hybridized carbons (Fsp3) is 0.750. The molecule has 0 spiro atoms. The summed E-state index contributed by atoms with van der Waals surface area (Å²) >= 11 is 1.79. The molecule has 1 aromatic rings. The molecule has 0 radical (unpaired) electrons. The molecule has 0 bridgehead atoms. The number of aryl methyl sites for hydroxylation is 1. The molecule has 1 fully saturated rings. The van der Waals surface area contributed by atoms with Crippen LogP contribution in [0.1, 0.15) is 23.2 Å². The predicted octanol–water partition coefficient (Wildman–Crippen LogP) is 1.88. The number of nitrogens with one attached hydrogen (secondary N) is 1. The molecular weight excluding hydrogens is 218 g/mol. The van der Waals surface area contributed by atoms with Gasteiger partial charge in [-0.25, -0.2) is 4.98 Å². The van der Waals surface area contributed by atoms with E-state index in [1.54, 1.807) is 11.3 Å². The third kappa shape index (κ3) is 3.03. The maximum Gasteiger partial charge on any atom is 0.0897 e. The Labute approximate surface area is 102 Å².